The minimum Gasteiger partial charge on any atom is -0.397 e. The highest BCUT2D eigenvalue weighted by molar-refractivity contribution is 6.08. The van der Waals surface area contributed by atoms with Crippen molar-refractivity contribution in [2.75, 3.05) is 11.1 Å². The second-order valence-corrected chi connectivity index (χ2v) is 4.76. The monoisotopic (exact) mass is 254 g/mol. The number of hydrogen-bond donors (Lipinski definition) is 2. The molecule has 0 aliphatic heterocycles. The first-order valence-corrected chi connectivity index (χ1v) is 6.23. The van der Waals surface area contributed by atoms with Crippen molar-refractivity contribution in [2.24, 2.45) is 0 Å². The van der Waals surface area contributed by atoms with Crippen LogP contribution in [-0.4, -0.2) is 5.91 Å². The van der Waals surface area contributed by atoms with Gasteiger partial charge in [-0.2, -0.15) is 0 Å². The molecule has 0 saturated carbocycles. The standard InChI is InChI=1S/C16H18N2O/c1-10-6-4-7-11(2)14(10)16(19)18-15-12(3)8-5-9-13(15)17/h4-9H,17H2,1-3H3,(H,18,19). The van der Waals surface area contributed by atoms with E-state index in [2.05, 4.69) is 5.32 Å². The molecule has 3 heteroatoms. The molecular weight excluding hydrogens is 236 g/mol. The van der Waals surface area contributed by atoms with Gasteiger partial charge in [-0.15, -0.1) is 0 Å². The molecule has 0 aliphatic rings. The van der Waals surface area contributed by atoms with Crippen LogP contribution in [0.25, 0.3) is 0 Å². The van der Waals surface area contributed by atoms with Crippen LogP contribution in [0.15, 0.2) is 36.4 Å². The number of aryl methyl sites for hydroxylation is 3. The van der Waals surface area contributed by atoms with Gasteiger partial charge in [0.05, 0.1) is 11.4 Å². The fourth-order valence-corrected chi connectivity index (χ4v) is 2.21. The summed E-state index contributed by atoms with van der Waals surface area (Å²) in [5.41, 5.74) is 10.8. The molecule has 0 spiro atoms. The Hall–Kier alpha value is -2.29. The number of rotatable bonds is 2. The number of nitrogen functional groups attached to an aromatic ring is 1. The summed E-state index contributed by atoms with van der Waals surface area (Å²) < 4.78 is 0. The van der Waals surface area contributed by atoms with E-state index in [1.807, 2.05) is 51.1 Å². The van der Waals surface area contributed by atoms with E-state index < -0.39 is 0 Å². The first-order valence-electron chi connectivity index (χ1n) is 6.23. The van der Waals surface area contributed by atoms with E-state index in [0.717, 1.165) is 16.7 Å². The van der Waals surface area contributed by atoms with E-state index in [4.69, 9.17) is 5.73 Å². The first kappa shape index (κ1) is 13.1. The molecule has 0 bridgehead atoms. The Kier molecular flexibility index (Phi) is 3.56. The zero-order valence-corrected chi connectivity index (χ0v) is 11.4. The zero-order valence-electron chi connectivity index (χ0n) is 11.4. The van der Waals surface area contributed by atoms with Gasteiger partial charge in [0, 0.05) is 5.56 Å². The summed E-state index contributed by atoms with van der Waals surface area (Å²) in [5, 5.41) is 2.91. The van der Waals surface area contributed by atoms with Gasteiger partial charge in [0.2, 0.25) is 0 Å². The van der Waals surface area contributed by atoms with Crippen LogP contribution in [0.2, 0.25) is 0 Å². The minimum atomic E-state index is -0.114. The Morgan fingerprint density at radius 3 is 2.05 bits per heavy atom. The number of carbonyl (C=O) groups excluding carboxylic acids is 1. The largest absolute Gasteiger partial charge is 0.397 e. The van der Waals surface area contributed by atoms with Crippen LogP contribution >= 0.6 is 0 Å². The first-order chi connectivity index (χ1) is 9.00. The van der Waals surface area contributed by atoms with Gasteiger partial charge in [-0.05, 0) is 43.5 Å². The number of carbonyl (C=O) groups is 1. The van der Waals surface area contributed by atoms with Gasteiger partial charge >= 0.3 is 0 Å². The second kappa shape index (κ2) is 5.14. The van der Waals surface area contributed by atoms with E-state index in [-0.39, 0.29) is 5.91 Å². The third-order valence-electron chi connectivity index (χ3n) is 3.25. The SMILES string of the molecule is Cc1cccc(N)c1NC(=O)c1c(C)cccc1C. The van der Waals surface area contributed by atoms with Gasteiger partial charge in [-0.1, -0.05) is 30.3 Å². The van der Waals surface area contributed by atoms with Crippen LogP contribution in [-0.2, 0) is 0 Å². The molecule has 98 valence electrons. The Balaban J connectivity index is 2.37. The molecule has 2 aromatic rings. The van der Waals surface area contributed by atoms with Crippen molar-refractivity contribution >= 4 is 17.3 Å². The molecule has 0 aliphatic carbocycles. The van der Waals surface area contributed by atoms with Crippen LogP contribution < -0.4 is 11.1 Å². The number of benzene rings is 2. The fraction of sp³-hybridized carbons (Fsp3) is 0.188. The van der Waals surface area contributed by atoms with Crippen molar-refractivity contribution in [1.29, 1.82) is 0 Å². The topological polar surface area (TPSA) is 55.1 Å². The molecule has 1 amide bonds. The molecule has 0 radical (unpaired) electrons. The molecule has 2 rings (SSSR count). The molecule has 0 aromatic heterocycles. The van der Waals surface area contributed by atoms with Gasteiger partial charge in [0.15, 0.2) is 0 Å². The molecule has 19 heavy (non-hydrogen) atoms. The lowest BCUT2D eigenvalue weighted by Crippen LogP contribution is -2.16. The van der Waals surface area contributed by atoms with Crippen LogP contribution in [0.1, 0.15) is 27.0 Å². The van der Waals surface area contributed by atoms with E-state index in [1.54, 1.807) is 6.07 Å². The average molecular weight is 254 g/mol. The minimum absolute atomic E-state index is 0.114. The number of amides is 1. The molecule has 0 unspecified atom stereocenters. The zero-order chi connectivity index (χ0) is 14.0. The average Bonchev–Trinajstić information content (AvgIpc) is 2.34. The Bertz CT molecular complexity index is 592. The van der Waals surface area contributed by atoms with E-state index >= 15 is 0 Å². The molecule has 2 aromatic carbocycles. The van der Waals surface area contributed by atoms with Crippen molar-refractivity contribution in [1.82, 2.24) is 0 Å². The molecule has 0 saturated heterocycles. The molecule has 0 fully saturated rings. The summed E-state index contributed by atoms with van der Waals surface area (Å²) >= 11 is 0. The predicted molar refractivity (Wildman–Crippen MR) is 79.5 cm³/mol. The molecule has 0 atom stereocenters. The summed E-state index contributed by atoms with van der Waals surface area (Å²) in [5.74, 6) is -0.114. The van der Waals surface area contributed by atoms with E-state index in [0.29, 0.717) is 16.9 Å². The van der Waals surface area contributed by atoms with Crippen molar-refractivity contribution in [3.8, 4) is 0 Å². The molecule has 0 heterocycles. The highest BCUT2D eigenvalue weighted by Crippen LogP contribution is 2.24. The smallest absolute Gasteiger partial charge is 0.256 e. The van der Waals surface area contributed by atoms with Crippen molar-refractivity contribution in [2.45, 2.75) is 20.8 Å². The highest BCUT2D eigenvalue weighted by Gasteiger charge is 2.14. The maximum Gasteiger partial charge on any atom is 0.256 e. The Labute approximate surface area is 113 Å². The normalized spacial score (nSPS) is 10.3. The van der Waals surface area contributed by atoms with Gasteiger partial charge < -0.3 is 11.1 Å². The number of para-hydroxylation sites is 1. The van der Waals surface area contributed by atoms with Crippen LogP contribution in [0, 0.1) is 20.8 Å². The third-order valence-corrected chi connectivity index (χ3v) is 3.25. The third kappa shape index (κ3) is 2.60. The number of anilines is 2. The van der Waals surface area contributed by atoms with Crippen LogP contribution in [0.4, 0.5) is 11.4 Å². The maximum absolute atomic E-state index is 12.4. The predicted octanol–water partition coefficient (Wildman–Crippen LogP) is 3.45. The Morgan fingerprint density at radius 1 is 0.947 bits per heavy atom. The number of nitrogens with one attached hydrogen (secondary N) is 1. The van der Waals surface area contributed by atoms with Gasteiger partial charge in [0.25, 0.3) is 5.91 Å². The van der Waals surface area contributed by atoms with Crippen molar-refractivity contribution in [3.05, 3.63) is 58.7 Å². The van der Waals surface area contributed by atoms with Crippen molar-refractivity contribution < 1.29 is 4.79 Å². The molecule has 3 N–H and O–H groups in total. The quantitative estimate of drug-likeness (QED) is 0.806. The lowest BCUT2D eigenvalue weighted by atomic mass is 10.0. The van der Waals surface area contributed by atoms with Gasteiger partial charge in [-0.25, -0.2) is 0 Å². The lowest BCUT2D eigenvalue weighted by Gasteiger charge is -2.13. The van der Waals surface area contributed by atoms with Crippen LogP contribution in [0.5, 0.6) is 0 Å². The number of hydrogen-bond acceptors (Lipinski definition) is 2. The summed E-state index contributed by atoms with van der Waals surface area (Å²) in [4.78, 5) is 12.4. The number of nitrogens with two attached hydrogens (primary N) is 1. The summed E-state index contributed by atoms with van der Waals surface area (Å²) in [6, 6.07) is 11.4. The van der Waals surface area contributed by atoms with E-state index in [1.165, 1.54) is 0 Å². The molecular formula is C16H18N2O. The lowest BCUT2D eigenvalue weighted by molar-refractivity contribution is 0.102. The highest BCUT2D eigenvalue weighted by atomic mass is 16.1. The maximum atomic E-state index is 12.4. The molecule has 3 nitrogen and oxygen atoms in total. The fourth-order valence-electron chi connectivity index (χ4n) is 2.21. The van der Waals surface area contributed by atoms with Crippen LogP contribution in [0.3, 0.4) is 0 Å². The Morgan fingerprint density at radius 2 is 1.47 bits per heavy atom. The van der Waals surface area contributed by atoms with Crippen molar-refractivity contribution in [3.63, 3.8) is 0 Å². The van der Waals surface area contributed by atoms with E-state index in [9.17, 15) is 4.79 Å². The summed E-state index contributed by atoms with van der Waals surface area (Å²) in [6.45, 7) is 5.79. The van der Waals surface area contributed by atoms with Gasteiger partial charge in [-0.3, -0.25) is 4.79 Å². The summed E-state index contributed by atoms with van der Waals surface area (Å²) in [7, 11) is 0. The van der Waals surface area contributed by atoms with Gasteiger partial charge in [0.1, 0.15) is 0 Å². The summed E-state index contributed by atoms with van der Waals surface area (Å²) in [6.07, 6.45) is 0. The second-order valence-electron chi connectivity index (χ2n) is 4.76.